The number of anilines is 1. The summed E-state index contributed by atoms with van der Waals surface area (Å²) in [5.74, 6) is -0.179. The zero-order valence-electron chi connectivity index (χ0n) is 18.1. The first-order valence-electron chi connectivity index (χ1n) is 10.4. The van der Waals surface area contributed by atoms with Crippen molar-refractivity contribution in [1.29, 1.82) is 0 Å². The van der Waals surface area contributed by atoms with Gasteiger partial charge in [-0.05, 0) is 56.0 Å². The fourth-order valence-electron chi connectivity index (χ4n) is 3.43. The molecular formula is C24H29N3O2S. The van der Waals surface area contributed by atoms with Crippen molar-refractivity contribution in [1.82, 2.24) is 4.90 Å². The van der Waals surface area contributed by atoms with Crippen LogP contribution < -0.4 is 5.32 Å². The van der Waals surface area contributed by atoms with E-state index < -0.39 is 5.25 Å². The zero-order chi connectivity index (χ0) is 21.7. The molecule has 3 rings (SSSR count). The molecule has 1 fully saturated rings. The summed E-state index contributed by atoms with van der Waals surface area (Å²) in [7, 11) is 0. The number of nitrogens with zero attached hydrogens (tertiary/aromatic N) is 2. The summed E-state index contributed by atoms with van der Waals surface area (Å²) in [4.78, 5) is 32.2. The number of carbonyl (C=O) groups excluding carboxylic acids is 2. The van der Waals surface area contributed by atoms with Crippen molar-refractivity contribution in [2.75, 3.05) is 11.9 Å². The summed E-state index contributed by atoms with van der Waals surface area (Å²) >= 11 is 1.39. The van der Waals surface area contributed by atoms with Crippen molar-refractivity contribution in [2.24, 2.45) is 4.99 Å². The number of aryl methyl sites for hydroxylation is 3. The minimum Gasteiger partial charge on any atom is -0.326 e. The molecule has 2 amide bonds. The second-order valence-corrected chi connectivity index (χ2v) is 8.87. The van der Waals surface area contributed by atoms with Crippen LogP contribution in [0.15, 0.2) is 47.5 Å². The van der Waals surface area contributed by atoms with Crippen molar-refractivity contribution < 1.29 is 9.59 Å². The average Bonchev–Trinajstić information content (AvgIpc) is 2.97. The minimum atomic E-state index is -0.449. The van der Waals surface area contributed by atoms with Gasteiger partial charge in [-0.3, -0.25) is 14.5 Å². The Labute approximate surface area is 183 Å². The Morgan fingerprint density at radius 3 is 2.50 bits per heavy atom. The van der Waals surface area contributed by atoms with E-state index in [0.29, 0.717) is 11.7 Å². The Morgan fingerprint density at radius 1 is 1.13 bits per heavy atom. The Morgan fingerprint density at radius 2 is 1.83 bits per heavy atom. The van der Waals surface area contributed by atoms with Crippen LogP contribution in [-0.2, 0) is 9.59 Å². The quantitative estimate of drug-likeness (QED) is 0.651. The predicted molar refractivity (Wildman–Crippen MR) is 125 cm³/mol. The van der Waals surface area contributed by atoms with E-state index in [1.54, 1.807) is 4.90 Å². The largest absolute Gasteiger partial charge is 0.326 e. The van der Waals surface area contributed by atoms with E-state index in [1.165, 1.54) is 11.8 Å². The van der Waals surface area contributed by atoms with Gasteiger partial charge >= 0.3 is 0 Å². The lowest BCUT2D eigenvalue weighted by molar-refractivity contribution is -0.128. The molecule has 1 N–H and O–H groups in total. The predicted octanol–water partition coefficient (Wildman–Crippen LogP) is 5.37. The molecule has 0 radical (unpaired) electrons. The molecular weight excluding hydrogens is 394 g/mol. The maximum Gasteiger partial charge on any atom is 0.242 e. The van der Waals surface area contributed by atoms with Crippen LogP contribution in [0.5, 0.6) is 0 Å². The van der Waals surface area contributed by atoms with E-state index in [-0.39, 0.29) is 18.2 Å². The molecule has 0 saturated carbocycles. The summed E-state index contributed by atoms with van der Waals surface area (Å²) in [6.07, 6.45) is 2.02. The van der Waals surface area contributed by atoms with Crippen LogP contribution in [-0.4, -0.2) is 33.7 Å². The molecule has 30 heavy (non-hydrogen) atoms. The monoisotopic (exact) mass is 423 g/mol. The van der Waals surface area contributed by atoms with Gasteiger partial charge in [0.05, 0.1) is 5.69 Å². The number of para-hydroxylation sites is 1. The standard InChI is InChI=1S/C24H29N3O2S/c1-5-6-13-27-23(29)20(30-24(27)25-19-12-7-9-16(2)14-19)15-21(28)26-22-17(3)10-8-11-18(22)4/h7-12,14,20H,5-6,13,15H2,1-4H3,(H,26,28)/t20-/m1/s1. The molecule has 0 spiro atoms. The van der Waals surface area contributed by atoms with Gasteiger partial charge in [0.1, 0.15) is 5.25 Å². The summed E-state index contributed by atoms with van der Waals surface area (Å²) in [5, 5.41) is 3.23. The summed E-state index contributed by atoms with van der Waals surface area (Å²) in [6.45, 7) is 8.68. The second kappa shape index (κ2) is 9.94. The van der Waals surface area contributed by atoms with Gasteiger partial charge in [0.2, 0.25) is 11.8 Å². The number of benzene rings is 2. The third-order valence-corrected chi connectivity index (χ3v) is 6.27. The zero-order valence-corrected chi connectivity index (χ0v) is 18.9. The van der Waals surface area contributed by atoms with Gasteiger partial charge in [-0.2, -0.15) is 0 Å². The molecule has 158 valence electrons. The fourth-order valence-corrected chi connectivity index (χ4v) is 4.61. The van der Waals surface area contributed by atoms with Crippen LogP contribution in [0.3, 0.4) is 0 Å². The van der Waals surface area contributed by atoms with Crippen molar-refractivity contribution >= 4 is 40.1 Å². The molecule has 0 aliphatic carbocycles. The summed E-state index contributed by atoms with van der Waals surface area (Å²) in [5.41, 5.74) is 4.80. The number of amides is 2. The number of hydrogen-bond donors (Lipinski definition) is 1. The van der Waals surface area contributed by atoms with Gasteiger partial charge < -0.3 is 5.32 Å². The van der Waals surface area contributed by atoms with Crippen LogP contribution in [0.25, 0.3) is 0 Å². The first-order chi connectivity index (χ1) is 14.4. The third-order valence-electron chi connectivity index (χ3n) is 5.10. The molecule has 1 atom stereocenters. The van der Waals surface area contributed by atoms with Gasteiger partial charge in [-0.25, -0.2) is 4.99 Å². The number of amidine groups is 1. The number of carbonyl (C=O) groups is 2. The van der Waals surface area contributed by atoms with Crippen LogP contribution in [0.4, 0.5) is 11.4 Å². The highest BCUT2D eigenvalue weighted by molar-refractivity contribution is 8.15. The Hall–Kier alpha value is -2.60. The van der Waals surface area contributed by atoms with Crippen molar-refractivity contribution in [3.05, 3.63) is 59.2 Å². The van der Waals surface area contributed by atoms with E-state index in [2.05, 4.69) is 12.2 Å². The highest BCUT2D eigenvalue weighted by Crippen LogP contribution is 2.32. The Balaban J connectivity index is 1.76. The number of unbranched alkanes of at least 4 members (excludes halogenated alkanes) is 1. The molecule has 2 aromatic rings. The fraction of sp³-hybridized carbons (Fsp3) is 0.375. The molecule has 1 aliphatic heterocycles. The van der Waals surface area contributed by atoms with Gasteiger partial charge in [0.15, 0.2) is 5.17 Å². The summed E-state index contributed by atoms with van der Waals surface area (Å²) < 4.78 is 0. The molecule has 1 heterocycles. The number of aliphatic imine (C=N–C) groups is 1. The normalized spacial score (nSPS) is 17.6. The Bertz CT molecular complexity index is 950. The lowest BCUT2D eigenvalue weighted by Crippen LogP contribution is -2.34. The lowest BCUT2D eigenvalue weighted by Gasteiger charge is -2.16. The lowest BCUT2D eigenvalue weighted by atomic mass is 10.1. The van der Waals surface area contributed by atoms with Gasteiger partial charge in [-0.15, -0.1) is 0 Å². The second-order valence-electron chi connectivity index (χ2n) is 7.70. The molecule has 5 nitrogen and oxygen atoms in total. The first kappa shape index (κ1) is 22.1. The molecule has 1 aliphatic rings. The van der Waals surface area contributed by atoms with E-state index in [9.17, 15) is 9.59 Å². The summed E-state index contributed by atoms with van der Waals surface area (Å²) in [6, 6.07) is 13.8. The molecule has 1 saturated heterocycles. The molecule has 0 bridgehead atoms. The highest BCUT2D eigenvalue weighted by Gasteiger charge is 2.38. The smallest absolute Gasteiger partial charge is 0.242 e. The molecule has 2 aromatic carbocycles. The molecule has 0 unspecified atom stereocenters. The number of rotatable bonds is 7. The number of thioether (sulfide) groups is 1. The number of hydrogen-bond acceptors (Lipinski definition) is 4. The van der Waals surface area contributed by atoms with Crippen molar-refractivity contribution in [2.45, 2.75) is 52.2 Å². The van der Waals surface area contributed by atoms with E-state index in [0.717, 1.165) is 40.9 Å². The maximum absolute atomic E-state index is 13.0. The first-order valence-corrected chi connectivity index (χ1v) is 11.3. The number of nitrogens with one attached hydrogen (secondary N) is 1. The Kier molecular flexibility index (Phi) is 7.32. The van der Waals surface area contributed by atoms with Crippen molar-refractivity contribution in [3.63, 3.8) is 0 Å². The molecule has 0 aromatic heterocycles. The maximum atomic E-state index is 13.0. The SMILES string of the molecule is CCCCN1C(=O)[C@@H](CC(=O)Nc2c(C)cccc2C)SC1=Nc1cccc(C)c1. The van der Waals surface area contributed by atoms with E-state index in [4.69, 9.17) is 4.99 Å². The van der Waals surface area contributed by atoms with Crippen LogP contribution >= 0.6 is 11.8 Å². The molecule has 6 heteroatoms. The average molecular weight is 424 g/mol. The van der Waals surface area contributed by atoms with Crippen LogP contribution in [0, 0.1) is 20.8 Å². The van der Waals surface area contributed by atoms with Gasteiger partial charge in [0.25, 0.3) is 0 Å². The highest BCUT2D eigenvalue weighted by atomic mass is 32.2. The van der Waals surface area contributed by atoms with Crippen LogP contribution in [0.1, 0.15) is 42.9 Å². The minimum absolute atomic E-state index is 0.0310. The topological polar surface area (TPSA) is 61.8 Å². The van der Waals surface area contributed by atoms with E-state index >= 15 is 0 Å². The van der Waals surface area contributed by atoms with Crippen LogP contribution in [0.2, 0.25) is 0 Å². The van der Waals surface area contributed by atoms with Gasteiger partial charge in [-0.1, -0.05) is 55.4 Å². The third kappa shape index (κ3) is 5.30. The van der Waals surface area contributed by atoms with Crippen molar-refractivity contribution in [3.8, 4) is 0 Å². The van der Waals surface area contributed by atoms with Gasteiger partial charge in [0, 0.05) is 18.7 Å². The van der Waals surface area contributed by atoms with E-state index in [1.807, 2.05) is 63.2 Å².